The van der Waals surface area contributed by atoms with E-state index in [0.29, 0.717) is 23.9 Å². The van der Waals surface area contributed by atoms with Crippen LogP contribution in [0.2, 0.25) is 5.02 Å². The molecule has 19 heavy (non-hydrogen) atoms. The minimum absolute atomic E-state index is 0.0161. The third-order valence-corrected chi connectivity index (χ3v) is 3.63. The number of hydrogen-bond donors (Lipinski definition) is 0. The molecule has 0 aromatic heterocycles. The number of rotatable bonds is 3. The molecule has 2 rings (SSSR count). The maximum atomic E-state index is 12.1. The lowest BCUT2D eigenvalue weighted by Gasteiger charge is -2.37. The fraction of sp³-hybridized carbons (Fsp3) is 0.500. The summed E-state index contributed by atoms with van der Waals surface area (Å²) in [6.45, 7) is 5.21. The molecule has 1 fully saturated rings. The third kappa shape index (κ3) is 3.61. The van der Waals surface area contributed by atoms with Crippen molar-refractivity contribution in [2.75, 3.05) is 19.8 Å². The van der Waals surface area contributed by atoms with Gasteiger partial charge in [-0.05, 0) is 38.1 Å². The first-order valence-corrected chi connectivity index (χ1v) is 6.75. The Morgan fingerprint density at radius 3 is 2.79 bits per heavy atom. The Hall–Kier alpha value is -1.26. The Bertz CT molecular complexity index is 435. The van der Waals surface area contributed by atoms with Gasteiger partial charge in [0.15, 0.2) is 6.61 Å². The van der Waals surface area contributed by atoms with Crippen molar-refractivity contribution in [3.63, 3.8) is 0 Å². The molecular weight excluding hydrogens is 266 g/mol. The van der Waals surface area contributed by atoms with Crippen LogP contribution in [0.25, 0.3) is 0 Å². The normalized spacial score (nSPS) is 23.2. The number of morpholine rings is 1. The highest BCUT2D eigenvalue weighted by Gasteiger charge is 2.29. The van der Waals surface area contributed by atoms with Gasteiger partial charge in [0.2, 0.25) is 0 Å². The third-order valence-electron chi connectivity index (χ3n) is 3.38. The number of nitrogens with zero attached hydrogens (tertiary/aromatic N) is 1. The Labute approximate surface area is 118 Å². The zero-order valence-corrected chi connectivity index (χ0v) is 11.9. The molecule has 1 aromatic carbocycles. The summed E-state index contributed by atoms with van der Waals surface area (Å²) in [5, 5.41) is 0.648. The predicted molar refractivity (Wildman–Crippen MR) is 73.5 cm³/mol. The molecule has 0 saturated carbocycles. The van der Waals surface area contributed by atoms with Crippen molar-refractivity contribution in [3.05, 3.63) is 29.3 Å². The Morgan fingerprint density at radius 2 is 2.11 bits per heavy atom. The SMILES string of the molecule is CC1OCCN(C(=O)COc2ccc(Cl)cc2)C1C. The molecule has 1 amide bonds. The van der Waals surface area contributed by atoms with E-state index in [4.69, 9.17) is 21.1 Å². The maximum absolute atomic E-state index is 12.1. The van der Waals surface area contributed by atoms with Gasteiger partial charge in [-0.15, -0.1) is 0 Å². The molecule has 2 atom stereocenters. The fourth-order valence-electron chi connectivity index (χ4n) is 2.04. The van der Waals surface area contributed by atoms with Crippen molar-refractivity contribution in [2.45, 2.75) is 26.0 Å². The van der Waals surface area contributed by atoms with Crippen LogP contribution in [0.4, 0.5) is 0 Å². The van der Waals surface area contributed by atoms with Gasteiger partial charge in [0, 0.05) is 11.6 Å². The number of carbonyl (C=O) groups excluding carboxylic acids is 1. The first-order chi connectivity index (χ1) is 9.08. The first-order valence-electron chi connectivity index (χ1n) is 6.37. The Kier molecular flexibility index (Phi) is 4.66. The molecule has 0 radical (unpaired) electrons. The minimum atomic E-state index is -0.0161. The average molecular weight is 284 g/mol. The molecule has 2 unspecified atom stereocenters. The van der Waals surface area contributed by atoms with Gasteiger partial charge in [0.05, 0.1) is 18.8 Å². The topological polar surface area (TPSA) is 38.8 Å². The second kappa shape index (κ2) is 6.26. The van der Waals surface area contributed by atoms with Gasteiger partial charge in [-0.3, -0.25) is 4.79 Å². The van der Waals surface area contributed by atoms with E-state index in [9.17, 15) is 4.79 Å². The summed E-state index contributed by atoms with van der Waals surface area (Å²) in [6.07, 6.45) is 0.0632. The number of amides is 1. The summed E-state index contributed by atoms with van der Waals surface area (Å²) < 4.78 is 11.0. The van der Waals surface area contributed by atoms with Gasteiger partial charge in [-0.2, -0.15) is 0 Å². The standard InChI is InChI=1S/C14H18ClNO3/c1-10-11(2)18-8-7-16(10)14(17)9-19-13-5-3-12(15)4-6-13/h3-6,10-11H,7-9H2,1-2H3. The molecule has 4 nitrogen and oxygen atoms in total. The van der Waals surface area contributed by atoms with Gasteiger partial charge >= 0.3 is 0 Å². The summed E-state index contributed by atoms with van der Waals surface area (Å²) in [6, 6.07) is 7.05. The van der Waals surface area contributed by atoms with Crippen LogP contribution in [0, 0.1) is 0 Å². The highest BCUT2D eigenvalue weighted by molar-refractivity contribution is 6.30. The number of benzene rings is 1. The van der Waals surface area contributed by atoms with E-state index < -0.39 is 0 Å². The summed E-state index contributed by atoms with van der Waals surface area (Å²) >= 11 is 5.79. The molecule has 0 N–H and O–H groups in total. The van der Waals surface area contributed by atoms with E-state index in [0.717, 1.165) is 0 Å². The number of carbonyl (C=O) groups is 1. The second-order valence-corrected chi connectivity index (χ2v) is 5.08. The summed E-state index contributed by atoms with van der Waals surface area (Å²) in [5.74, 6) is 0.629. The number of ether oxygens (including phenoxy) is 2. The second-order valence-electron chi connectivity index (χ2n) is 4.65. The molecule has 0 bridgehead atoms. The molecule has 1 aliphatic heterocycles. The molecule has 1 heterocycles. The molecule has 0 spiro atoms. The van der Waals surface area contributed by atoms with Crippen LogP contribution >= 0.6 is 11.6 Å². The molecule has 0 aliphatic carbocycles. The molecule has 104 valence electrons. The molecule has 1 saturated heterocycles. The van der Waals surface area contributed by atoms with Crippen molar-refractivity contribution < 1.29 is 14.3 Å². The fourth-order valence-corrected chi connectivity index (χ4v) is 2.17. The summed E-state index contributed by atoms with van der Waals surface area (Å²) in [4.78, 5) is 13.9. The van der Waals surface area contributed by atoms with Gasteiger partial charge in [-0.1, -0.05) is 11.6 Å². The van der Waals surface area contributed by atoms with Crippen molar-refractivity contribution >= 4 is 17.5 Å². The minimum Gasteiger partial charge on any atom is -0.484 e. The number of halogens is 1. The Morgan fingerprint density at radius 1 is 1.42 bits per heavy atom. The smallest absolute Gasteiger partial charge is 0.260 e. The van der Waals surface area contributed by atoms with Gasteiger partial charge in [0.25, 0.3) is 5.91 Å². The highest BCUT2D eigenvalue weighted by atomic mass is 35.5. The average Bonchev–Trinajstić information content (AvgIpc) is 2.41. The Balaban J connectivity index is 1.88. The number of hydrogen-bond acceptors (Lipinski definition) is 3. The monoisotopic (exact) mass is 283 g/mol. The van der Waals surface area contributed by atoms with Gasteiger partial charge in [0.1, 0.15) is 5.75 Å². The van der Waals surface area contributed by atoms with Crippen molar-refractivity contribution in [1.82, 2.24) is 4.90 Å². The zero-order chi connectivity index (χ0) is 13.8. The quantitative estimate of drug-likeness (QED) is 0.855. The van der Waals surface area contributed by atoms with Crippen LogP contribution in [0.15, 0.2) is 24.3 Å². The maximum Gasteiger partial charge on any atom is 0.260 e. The molecular formula is C14H18ClNO3. The van der Waals surface area contributed by atoms with E-state index in [1.165, 1.54) is 0 Å². The molecule has 1 aromatic rings. The lowest BCUT2D eigenvalue weighted by atomic mass is 10.1. The van der Waals surface area contributed by atoms with E-state index in [1.54, 1.807) is 24.3 Å². The van der Waals surface area contributed by atoms with Gasteiger partial charge < -0.3 is 14.4 Å². The molecule has 1 aliphatic rings. The van der Waals surface area contributed by atoms with Crippen LogP contribution in [-0.2, 0) is 9.53 Å². The largest absolute Gasteiger partial charge is 0.484 e. The van der Waals surface area contributed by atoms with Crippen LogP contribution in [0.5, 0.6) is 5.75 Å². The van der Waals surface area contributed by atoms with E-state index in [1.807, 2.05) is 18.7 Å². The van der Waals surface area contributed by atoms with E-state index in [-0.39, 0.29) is 24.7 Å². The highest BCUT2D eigenvalue weighted by Crippen LogP contribution is 2.17. The van der Waals surface area contributed by atoms with Crippen LogP contribution < -0.4 is 4.74 Å². The van der Waals surface area contributed by atoms with E-state index >= 15 is 0 Å². The lowest BCUT2D eigenvalue weighted by Crippen LogP contribution is -2.52. The molecule has 5 heteroatoms. The predicted octanol–water partition coefficient (Wildman–Crippen LogP) is 2.35. The summed E-state index contributed by atoms with van der Waals surface area (Å²) in [7, 11) is 0. The van der Waals surface area contributed by atoms with Crippen molar-refractivity contribution in [1.29, 1.82) is 0 Å². The van der Waals surface area contributed by atoms with E-state index in [2.05, 4.69) is 0 Å². The first kappa shape index (κ1) is 14.2. The van der Waals surface area contributed by atoms with Crippen LogP contribution in [0.1, 0.15) is 13.8 Å². The summed E-state index contributed by atoms with van der Waals surface area (Å²) in [5.41, 5.74) is 0. The zero-order valence-electron chi connectivity index (χ0n) is 11.1. The van der Waals surface area contributed by atoms with Crippen LogP contribution in [0.3, 0.4) is 0 Å². The van der Waals surface area contributed by atoms with Crippen molar-refractivity contribution in [2.24, 2.45) is 0 Å². The van der Waals surface area contributed by atoms with Crippen molar-refractivity contribution in [3.8, 4) is 5.75 Å². The van der Waals surface area contributed by atoms with Gasteiger partial charge in [-0.25, -0.2) is 0 Å². The lowest BCUT2D eigenvalue weighted by molar-refractivity contribution is -0.146. The van der Waals surface area contributed by atoms with Crippen LogP contribution in [-0.4, -0.2) is 42.7 Å².